The molecule has 4 rings (SSSR count). The quantitative estimate of drug-likeness (QED) is 0.0156. The molecule has 2 aromatic rings. The Morgan fingerprint density at radius 2 is 0.616 bits per heavy atom. The molecule has 0 radical (unpaired) electrons. The summed E-state index contributed by atoms with van der Waals surface area (Å²) >= 11 is 20.5. The van der Waals surface area contributed by atoms with Gasteiger partial charge in [-0.25, -0.2) is 71.9 Å². The Kier molecular flexibility index (Phi) is 69.2. The minimum Gasteiger partial charge on any atom is -0.481 e. The molecule has 2 heterocycles. The van der Waals surface area contributed by atoms with Crippen LogP contribution >= 0.6 is 46.4 Å². The average molecular weight is 1680 g/mol. The van der Waals surface area contributed by atoms with Crippen LogP contribution in [-0.2, 0) is 114 Å². The van der Waals surface area contributed by atoms with Crippen LogP contribution in [0.1, 0.15) is 47.9 Å². The number of aromatic carboxylic acids is 2. The molecular formula is C69H82Cl4O39. The molecule has 43 heteroatoms. The van der Waals surface area contributed by atoms with E-state index in [1.807, 2.05) is 0 Å². The maximum Gasteiger partial charge on any atom is 0.354 e. The van der Waals surface area contributed by atoms with Gasteiger partial charge >= 0.3 is 95.5 Å². The molecule has 2 aliphatic rings. The normalized spacial score (nSPS) is 11.6. The standard InChI is InChI=1S/C11H10O4.C10H7ClO4.C9H12O7.C8H12O6.C7H10O3.C6H7ClO3.C6H10O3.C5H7ClO3.C4H4O4.C3H3ClO2/c1-7(2)11(14)15-9-5-3-8(4-6-9)10(12)13;1-6(11)10(14)15-8-4-2-7(3-5-8)9(12)13;10-4-6-16-9(14)2-1-8(13)15-5-3-7(11)12;9-3-5-13-7(11)1-2-8(12)14-6-4-10;1-5(2)7(8)10-4-6-3-9-6;1-4(7)6(8)10-3-5-2-9-5;1-5(2)6(8)9-4-3-7;1-4(6)5(8)9-3-2-7;5-3(6)1-2-4(7)8;1-2(4)3(5)6/h3-6H,1H2,2H3,(H,12,13);2-5H,1H2,(H,12,13);1-2,10H,3-6H2,(H,11,12);1-2,9-10H,3-6H2;6H,1,3-4H2,2H3;5H,1-3H2;7H,1,3-4H2,2H3;7H,1-3H2;1-2H,(H,5,6)(H,7,8);1H2,(H,5,6). The number of carboxylic acids is 6. The summed E-state index contributed by atoms with van der Waals surface area (Å²) < 4.78 is 55.1. The number of aliphatic carboxylic acids is 4. The van der Waals surface area contributed by atoms with Crippen LogP contribution in [0.15, 0.2) is 168 Å². The predicted molar refractivity (Wildman–Crippen MR) is 388 cm³/mol. The van der Waals surface area contributed by atoms with Gasteiger partial charge in [-0.05, 0) is 69.3 Å². The van der Waals surface area contributed by atoms with Gasteiger partial charge in [-0.3, -0.25) is 4.79 Å². The van der Waals surface area contributed by atoms with E-state index in [9.17, 15) is 76.7 Å². The van der Waals surface area contributed by atoms with E-state index in [4.69, 9.17) is 126 Å². The third-order valence-corrected chi connectivity index (χ3v) is 10.1. The highest BCUT2D eigenvalue weighted by atomic mass is 35.5. The lowest BCUT2D eigenvalue weighted by Gasteiger charge is -2.03. The number of aliphatic hydroxyl groups excluding tert-OH is 5. The van der Waals surface area contributed by atoms with Crippen molar-refractivity contribution in [2.45, 2.75) is 39.4 Å². The van der Waals surface area contributed by atoms with E-state index in [1.54, 1.807) is 13.8 Å². The minimum absolute atomic E-state index is 0.0371. The van der Waals surface area contributed by atoms with Crippen LogP contribution in [0.25, 0.3) is 0 Å². The number of halogens is 4. The van der Waals surface area contributed by atoms with Crippen molar-refractivity contribution in [1.82, 2.24) is 0 Å². The summed E-state index contributed by atoms with van der Waals surface area (Å²) in [5.74, 6) is -12.8. The third kappa shape index (κ3) is 77.8. The van der Waals surface area contributed by atoms with Gasteiger partial charge in [0.15, 0.2) is 0 Å². The lowest BCUT2D eigenvalue weighted by molar-refractivity contribution is -0.144. The van der Waals surface area contributed by atoms with Crippen LogP contribution in [0.3, 0.4) is 0 Å². The van der Waals surface area contributed by atoms with E-state index in [0.717, 1.165) is 24.3 Å². The maximum atomic E-state index is 11.1. The Morgan fingerprint density at radius 1 is 0.366 bits per heavy atom. The molecule has 0 aliphatic carbocycles. The van der Waals surface area contributed by atoms with Gasteiger partial charge < -0.3 is 113 Å². The van der Waals surface area contributed by atoms with E-state index in [0.29, 0.717) is 48.9 Å². The van der Waals surface area contributed by atoms with Gasteiger partial charge in [0.25, 0.3) is 0 Å². The van der Waals surface area contributed by atoms with Crippen LogP contribution in [0.4, 0.5) is 0 Å². The summed E-state index contributed by atoms with van der Waals surface area (Å²) in [4.78, 5) is 167. The summed E-state index contributed by atoms with van der Waals surface area (Å²) in [6, 6.07) is 10.9. The fourth-order valence-electron chi connectivity index (χ4n) is 4.32. The van der Waals surface area contributed by atoms with Gasteiger partial charge in [-0.15, -0.1) is 0 Å². The zero-order valence-corrected chi connectivity index (χ0v) is 62.9. The molecule has 2 atom stereocenters. The summed E-state index contributed by atoms with van der Waals surface area (Å²) in [6.07, 6.45) is 4.47. The number of esters is 10. The number of carbonyl (C=O) groups is 16. The maximum absolute atomic E-state index is 11.1. The van der Waals surface area contributed by atoms with Crippen molar-refractivity contribution in [2.24, 2.45) is 0 Å². The summed E-state index contributed by atoms with van der Waals surface area (Å²) in [6.45, 7) is 27.6. The smallest absolute Gasteiger partial charge is 0.354 e. The number of ether oxygens (including phenoxy) is 12. The van der Waals surface area contributed by atoms with Crippen molar-refractivity contribution in [2.75, 3.05) is 99.1 Å². The first-order chi connectivity index (χ1) is 52.3. The van der Waals surface area contributed by atoms with Crippen molar-refractivity contribution in [1.29, 1.82) is 0 Å². The molecule has 2 aromatic carbocycles. The summed E-state index contributed by atoms with van der Waals surface area (Å²) in [5.41, 5.74) is 1.33. The zero-order chi connectivity index (χ0) is 87.4. The molecule has 0 bridgehead atoms. The molecule has 0 saturated carbocycles. The third-order valence-electron chi connectivity index (χ3n) is 9.47. The molecule has 0 spiro atoms. The fraction of sp³-hybridized carbons (Fsp3) is 0.304. The number of aliphatic hydroxyl groups is 5. The van der Waals surface area contributed by atoms with Crippen LogP contribution in [0.2, 0.25) is 0 Å². The number of carbonyl (C=O) groups excluding carboxylic acids is 10. The van der Waals surface area contributed by atoms with Crippen molar-refractivity contribution in [3.8, 4) is 11.5 Å². The van der Waals surface area contributed by atoms with Crippen molar-refractivity contribution < 1.29 is 190 Å². The molecule has 39 nitrogen and oxygen atoms in total. The Morgan fingerprint density at radius 3 is 0.857 bits per heavy atom. The first-order valence-corrected chi connectivity index (χ1v) is 31.9. The number of benzene rings is 2. The molecule has 2 unspecified atom stereocenters. The second kappa shape index (κ2) is 69.7. The van der Waals surface area contributed by atoms with Crippen LogP contribution in [-0.4, -0.2) is 263 Å². The lowest BCUT2D eigenvalue weighted by Crippen LogP contribution is -2.09. The van der Waals surface area contributed by atoms with Crippen molar-refractivity contribution in [3.05, 3.63) is 179 Å². The van der Waals surface area contributed by atoms with Crippen LogP contribution in [0, 0.1) is 0 Å². The van der Waals surface area contributed by atoms with Crippen molar-refractivity contribution in [3.63, 3.8) is 0 Å². The summed E-state index contributed by atoms with van der Waals surface area (Å²) in [7, 11) is 0. The van der Waals surface area contributed by atoms with Gasteiger partial charge in [0.1, 0.15) is 96.7 Å². The molecule has 112 heavy (non-hydrogen) atoms. The Hall–Kier alpha value is -11.8. The topological polar surface area (TPSA) is 613 Å². The van der Waals surface area contributed by atoms with E-state index >= 15 is 0 Å². The molecule has 0 amide bonds. The second-order valence-corrected chi connectivity index (χ2v) is 21.0. The van der Waals surface area contributed by atoms with E-state index in [-0.39, 0.29) is 146 Å². The number of hydrogen-bond donors (Lipinski definition) is 11. The largest absolute Gasteiger partial charge is 0.481 e. The monoisotopic (exact) mass is 1670 g/mol. The first kappa shape index (κ1) is 111. The van der Waals surface area contributed by atoms with Crippen LogP contribution in [0.5, 0.6) is 11.5 Å². The highest BCUT2D eigenvalue weighted by Gasteiger charge is 2.25. The second-order valence-electron chi connectivity index (χ2n) is 19.2. The zero-order valence-electron chi connectivity index (χ0n) is 59.9. The number of carboxylic acid groups (broad SMARTS) is 6. The Bertz CT molecular complexity index is 3370. The predicted octanol–water partition coefficient (Wildman–Crippen LogP) is 3.71. The minimum atomic E-state index is -1.26. The molecular weight excluding hydrogens is 1590 g/mol. The van der Waals surface area contributed by atoms with Crippen molar-refractivity contribution >= 4 is 142 Å². The SMILES string of the molecule is C=C(C)C(=O)OCC1CO1.C=C(C)C(=O)OCCO.C=C(C)C(=O)Oc1ccc(C(=O)O)cc1.C=C(Cl)C(=O)O.C=C(Cl)C(=O)OCC1CO1.C=C(Cl)C(=O)OCCO.C=C(Cl)C(=O)Oc1ccc(C(=O)O)cc1.O=C(C=CC(=O)OCCO)OCCO.O=C(O)C=CC(=O)O.O=C(O)CCOC(=O)C=CC(=O)OCCO. The lowest BCUT2D eigenvalue weighted by atomic mass is 10.2. The average Bonchev–Trinajstić information content (AvgIpc) is 1.16. The van der Waals surface area contributed by atoms with E-state index < -0.39 is 89.5 Å². The van der Waals surface area contributed by atoms with Gasteiger partial charge in [0, 0.05) is 53.2 Å². The fourth-order valence-corrected chi connectivity index (χ4v) is 4.47. The Labute approximate surface area is 657 Å². The van der Waals surface area contributed by atoms with E-state index in [1.165, 1.54) is 55.5 Å². The van der Waals surface area contributed by atoms with Gasteiger partial charge in [0.05, 0.1) is 63.8 Å². The van der Waals surface area contributed by atoms with Gasteiger partial charge in [-0.1, -0.05) is 92.5 Å². The number of epoxide rings is 2. The number of rotatable bonds is 34. The highest BCUT2D eigenvalue weighted by Crippen LogP contribution is 2.16. The molecule has 620 valence electrons. The van der Waals surface area contributed by atoms with Gasteiger partial charge in [-0.2, -0.15) is 0 Å². The van der Waals surface area contributed by atoms with Gasteiger partial charge in [0.2, 0.25) is 0 Å². The van der Waals surface area contributed by atoms with Crippen LogP contribution < -0.4 is 9.47 Å². The molecule has 2 aliphatic heterocycles. The molecule has 2 saturated heterocycles. The summed E-state index contributed by atoms with van der Waals surface area (Å²) in [5, 5.41) is 89.2. The Balaban J connectivity index is -0.000000282. The molecule has 11 N–H and O–H groups in total. The molecule has 0 aromatic heterocycles. The first-order valence-electron chi connectivity index (χ1n) is 30.3. The number of hydrogen-bond acceptors (Lipinski definition) is 33. The molecule has 2 fully saturated rings. The van der Waals surface area contributed by atoms with E-state index in [2.05, 4.69) is 79.2 Å². The highest BCUT2D eigenvalue weighted by molar-refractivity contribution is 6.42.